The maximum atomic E-state index is 10.9. The summed E-state index contributed by atoms with van der Waals surface area (Å²) in [7, 11) is 0. The number of rotatable bonds is 5. The van der Waals surface area contributed by atoms with Crippen molar-refractivity contribution in [3.63, 3.8) is 0 Å². The molecule has 4 nitrogen and oxygen atoms in total. The Hall–Kier alpha value is -1.88. The van der Waals surface area contributed by atoms with E-state index >= 15 is 0 Å². The average molecular weight is 290 g/mol. The molecule has 0 aliphatic heterocycles. The zero-order valence-electron chi connectivity index (χ0n) is 11.8. The van der Waals surface area contributed by atoms with E-state index in [0.717, 1.165) is 12.1 Å². The van der Waals surface area contributed by atoms with Crippen molar-refractivity contribution in [1.82, 2.24) is 0 Å². The fourth-order valence-corrected chi connectivity index (χ4v) is 3.15. The molecular formula is C15H18N2O2S. The fraction of sp³-hybridized carbons (Fsp3) is 0.333. The third kappa shape index (κ3) is 3.57. The second-order valence-electron chi connectivity index (χ2n) is 5.02. The molecule has 1 heterocycles. The Balaban J connectivity index is 2.06. The molecule has 5 heteroatoms. The number of anilines is 1. The van der Waals surface area contributed by atoms with E-state index in [1.807, 2.05) is 6.07 Å². The van der Waals surface area contributed by atoms with Crippen molar-refractivity contribution in [2.45, 2.75) is 33.2 Å². The predicted molar refractivity (Wildman–Crippen MR) is 83.7 cm³/mol. The van der Waals surface area contributed by atoms with E-state index in [2.05, 4.69) is 31.3 Å². The molecule has 2 rings (SSSR count). The minimum Gasteiger partial charge on any atom is -0.382 e. The first-order chi connectivity index (χ1) is 9.45. The van der Waals surface area contributed by atoms with Gasteiger partial charge in [0.2, 0.25) is 0 Å². The molecule has 1 aromatic carbocycles. The van der Waals surface area contributed by atoms with E-state index in [1.54, 1.807) is 30.4 Å². The zero-order valence-corrected chi connectivity index (χ0v) is 12.7. The third-order valence-corrected chi connectivity index (χ3v) is 4.15. The number of hydrogen-bond donors (Lipinski definition) is 1. The van der Waals surface area contributed by atoms with E-state index in [9.17, 15) is 10.1 Å². The maximum Gasteiger partial charge on any atom is 0.274 e. The van der Waals surface area contributed by atoms with Crippen LogP contribution in [0.3, 0.4) is 0 Å². The van der Waals surface area contributed by atoms with Gasteiger partial charge in [0, 0.05) is 39.5 Å². The molecule has 0 radical (unpaired) electrons. The van der Waals surface area contributed by atoms with Gasteiger partial charge in [-0.1, -0.05) is 6.07 Å². The number of nitrogens with zero attached hydrogens (tertiary/aromatic N) is 1. The zero-order chi connectivity index (χ0) is 14.7. The minimum atomic E-state index is -0.339. The highest BCUT2D eigenvalue weighted by atomic mass is 32.1. The Kier molecular flexibility index (Phi) is 4.39. The molecule has 0 aliphatic rings. The van der Waals surface area contributed by atoms with E-state index in [0.29, 0.717) is 5.56 Å². The molecule has 1 unspecified atom stereocenters. The van der Waals surface area contributed by atoms with Crippen LogP contribution >= 0.6 is 11.3 Å². The summed E-state index contributed by atoms with van der Waals surface area (Å²) in [4.78, 5) is 13.2. The molecular weight excluding hydrogens is 272 g/mol. The van der Waals surface area contributed by atoms with Crippen LogP contribution < -0.4 is 5.32 Å². The van der Waals surface area contributed by atoms with Gasteiger partial charge in [-0.2, -0.15) is 0 Å². The van der Waals surface area contributed by atoms with Gasteiger partial charge in [-0.05, 0) is 39.0 Å². The fourth-order valence-electron chi connectivity index (χ4n) is 2.13. The second-order valence-corrected chi connectivity index (χ2v) is 6.39. The summed E-state index contributed by atoms with van der Waals surface area (Å²) in [5.41, 5.74) is 1.64. The van der Waals surface area contributed by atoms with Gasteiger partial charge in [0.05, 0.1) is 4.92 Å². The first-order valence-corrected chi connectivity index (χ1v) is 7.34. The van der Waals surface area contributed by atoms with E-state index < -0.39 is 0 Å². The quantitative estimate of drug-likeness (QED) is 0.659. The molecule has 0 saturated heterocycles. The molecule has 0 saturated carbocycles. The molecule has 1 N–H and O–H groups in total. The highest BCUT2D eigenvalue weighted by molar-refractivity contribution is 7.11. The van der Waals surface area contributed by atoms with Crippen LogP contribution in [-0.2, 0) is 6.42 Å². The van der Waals surface area contributed by atoms with Crippen LogP contribution in [0.2, 0.25) is 0 Å². The van der Waals surface area contributed by atoms with Crippen molar-refractivity contribution < 1.29 is 4.92 Å². The summed E-state index contributed by atoms with van der Waals surface area (Å²) in [6, 6.07) is 9.75. The van der Waals surface area contributed by atoms with Gasteiger partial charge in [0.1, 0.15) is 0 Å². The monoisotopic (exact) mass is 290 g/mol. The summed E-state index contributed by atoms with van der Waals surface area (Å²) in [5, 5.41) is 14.3. The summed E-state index contributed by atoms with van der Waals surface area (Å²) in [6.45, 7) is 5.93. The van der Waals surface area contributed by atoms with Crippen molar-refractivity contribution in [1.29, 1.82) is 0 Å². The highest BCUT2D eigenvalue weighted by Gasteiger charge is 2.12. The van der Waals surface area contributed by atoms with Crippen molar-refractivity contribution in [2.75, 3.05) is 5.32 Å². The third-order valence-electron chi connectivity index (χ3n) is 3.12. The lowest BCUT2D eigenvalue weighted by atomic mass is 10.1. The standard InChI is InChI=1S/C15H18N2O2S/c1-10-4-6-13(9-15(10)17(18)19)16-11(2)8-14-7-5-12(3)20-14/h4-7,9,11,16H,8H2,1-3H3. The Morgan fingerprint density at radius 3 is 2.65 bits per heavy atom. The van der Waals surface area contributed by atoms with Gasteiger partial charge in [-0.3, -0.25) is 10.1 Å². The molecule has 1 aromatic heterocycles. The van der Waals surface area contributed by atoms with Crippen molar-refractivity contribution in [3.8, 4) is 0 Å². The van der Waals surface area contributed by atoms with Crippen LogP contribution in [0, 0.1) is 24.0 Å². The van der Waals surface area contributed by atoms with Gasteiger partial charge in [-0.15, -0.1) is 11.3 Å². The average Bonchev–Trinajstić information content (AvgIpc) is 2.76. The van der Waals surface area contributed by atoms with Gasteiger partial charge < -0.3 is 5.32 Å². The normalized spacial score (nSPS) is 12.2. The molecule has 20 heavy (non-hydrogen) atoms. The van der Waals surface area contributed by atoms with Crippen molar-refractivity contribution in [3.05, 3.63) is 55.8 Å². The highest BCUT2D eigenvalue weighted by Crippen LogP contribution is 2.24. The molecule has 0 amide bonds. The molecule has 0 fully saturated rings. The number of nitro benzene ring substituents is 1. The first kappa shape index (κ1) is 14.5. The van der Waals surface area contributed by atoms with E-state index in [-0.39, 0.29) is 16.7 Å². The Morgan fingerprint density at radius 1 is 1.30 bits per heavy atom. The SMILES string of the molecule is Cc1ccc(CC(C)Nc2ccc(C)c([N+](=O)[O-])c2)s1. The summed E-state index contributed by atoms with van der Waals surface area (Å²) >= 11 is 1.79. The topological polar surface area (TPSA) is 55.2 Å². The molecule has 0 aliphatic carbocycles. The summed E-state index contributed by atoms with van der Waals surface area (Å²) < 4.78 is 0. The number of nitro groups is 1. The number of thiophene rings is 1. The summed E-state index contributed by atoms with van der Waals surface area (Å²) in [5.74, 6) is 0. The van der Waals surface area contributed by atoms with E-state index in [4.69, 9.17) is 0 Å². The van der Waals surface area contributed by atoms with Crippen LogP contribution in [-0.4, -0.2) is 11.0 Å². The van der Waals surface area contributed by atoms with Crippen molar-refractivity contribution in [2.24, 2.45) is 0 Å². The number of aryl methyl sites for hydroxylation is 2. The lowest BCUT2D eigenvalue weighted by Gasteiger charge is -2.14. The lowest BCUT2D eigenvalue weighted by molar-refractivity contribution is -0.385. The summed E-state index contributed by atoms with van der Waals surface area (Å²) in [6.07, 6.45) is 0.917. The molecule has 0 spiro atoms. The second kappa shape index (κ2) is 6.05. The van der Waals surface area contributed by atoms with Crippen LogP contribution in [0.5, 0.6) is 0 Å². The maximum absolute atomic E-state index is 10.9. The number of nitrogens with one attached hydrogen (secondary N) is 1. The van der Waals surface area contributed by atoms with E-state index in [1.165, 1.54) is 9.75 Å². The Bertz CT molecular complexity index is 622. The molecule has 1 atom stereocenters. The van der Waals surface area contributed by atoms with Gasteiger partial charge in [-0.25, -0.2) is 0 Å². The molecule has 106 valence electrons. The largest absolute Gasteiger partial charge is 0.382 e. The molecule has 0 bridgehead atoms. The van der Waals surface area contributed by atoms with Crippen LogP contribution in [0.1, 0.15) is 22.2 Å². The van der Waals surface area contributed by atoms with Crippen LogP contribution in [0.15, 0.2) is 30.3 Å². The molecule has 2 aromatic rings. The van der Waals surface area contributed by atoms with Crippen molar-refractivity contribution >= 4 is 22.7 Å². The Morgan fingerprint density at radius 2 is 2.05 bits per heavy atom. The van der Waals surface area contributed by atoms with Gasteiger partial charge in [0.15, 0.2) is 0 Å². The first-order valence-electron chi connectivity index (χ1n) is 6.52. The number of hydrogen-bond acceptors (Lipinski definition) is 4. The van der Waals surface area contributed by atoms with Crippen LogP contribution in [0.25, 0.3) is 0 Å². The number of benzene rings is 1. The predicted octanol–water partition coefficient (Wildman–Crippen LogP) is 4.32. The van der Waals surface area contributed by atoms with Gasteiger partial charge in [0.25, 0.3) is 5.69 Å². The van der Waals surface area contributed by atoms with Gasteiger partial charge >= 0.3 is 0 Å². The minimum absolute atomic E-state index is 0.161. The van der Waals surface area contributed by atoms with Crippen LogP contribution in [0.4, 0.5) is 11.4 Å². The Labute approximate surface area is 122 Å². The lowest BCUT2D eigenvalue weighted by Crippen LogP contribution is -2.17. The smallest absolute Gasteiger partial charge is 0.274 e.